The summed E-state index contributed by atoms with van der Waals surface area (Å²) in [6, 6.07) is 13.4. The molecule has 2 aromatic rings. The molecule has 2 spiro atoms. The Morgan fingerprint density at radius 2 is 1.79 bits per heavy atom. The molecule has 2 aliphatic heterocycles. The Labute approximate surface area is 483 Å². The van der Waals surface area contributed by atoms with Gasteiger partial charge in [0.2, 0.25) is 11.7 Å². The maximum absolute atomic E-state index is 15.9. The standard InChI is InChI=1S/C68H94N4O9/c1-5-44-20-22-50-51(17-13-32-73)53-18-11-29-68(53)49-37-56(72-64(70-3)71-31-12-16-48-15-10-28-67(48,61(76)25-23-54(68)52(50)34-44)39-45-21-24-57(75)59(35-45)78-4)63-60(38-49)81-66(43-69-2)40-47(36-62(77)80-58-19-9-14-46(58)42-74)55(41-66)65(30-33-79-63)26-7-6-8-27-65/h21,23-25,35,37-38,44,46-48,50-55,58,62,69,73-75,77H,5-11,13-20,22,26-29,32,34,36,39-43H2,1-4H3,(H2,70,71,72)/b25-23+/t44-,46+,47-,48-,50+,51-,52-,53+,54-,55-,58-,62-,66-,67+,68-/m1/s1. The molecule has 13 heteroatoms. The SMILES string of the molecule is CC[C@@H]1CC[C@@H]2[C@@H](C1)[C@H]1/C=C/C(=O)[C@]3(Cc4ccc(O)c(OC)c4)CCC[C@@H]3CC#CNC(=NC)Nc3cc(cc4c3OC#CC3(CCCCC3)[C@@H]3C[C@@](CNC)(C[C@H]3C[C@H](O)O[C@@H]3CCC[C@H]3CO)O4)[C@@]13CCC[C@H]3[C@@H]2CCCO. The van der Waals surface area contributed by atoms with Gasteiger partial charge in [-0.25, -0.2) is 0 Å². The fraction of sp³-hybridized carbons (Fsp3) is 0.706. The summed E-state index contributed by atoms with van der Waals surface area (Å²) < 4.78 is 26.9. The van der Waals surface area contributed by atoms with Gasteiger partial charge < -0.3 is 50.0 Å². The van der Waals surface area contributed by atoms with Crippen molar-refractivity contribution in [2.24, 2.45) is 75.0 Å². The van der Waals surface area contributed by atoms with E-state index < -0.39 is 22.7 Å². The zero-order valence-electron chi connectivity index (χ0n) is 49.0. The molecule has 0 unspecified atom stereocenters. The van der Waals surface area contributed by atoms with E-state index in [1.807, 2.05) is 25.3 Å². The number of nitrogens with one attached hydrogen (secondary N) is 3. The largest absolute Gasteiger partial charge is 0.504 e. The molecule has 2 aromatic carbocycles. The van der Waals surface area contributed by atoms with Crippen LogP contribution in [0.3, 0.4) is 0 Å². The number of aliphatic hydroxyl groups excluding tert-OH is 3. The van der Waals surface area contributed by atoms with Crippen LogP contribution in [0.1, 0.15) is 172 Å². The van der Waals surface area contributed by atoms with Crippen LogP contribution in [-0.4, -0.2) is 91.1 Å². The van der Waals surface area contributed by atoms with Gasteiger partial charge in [0.15, 0.2) is 29.3 Å². The van der Waals surface area contributed by atoms with Crippen LogP contribution in [-0.2, 0) is 21.4 Å². The molecule has 0 radical (unpaired) electrons. The molecule has 0 saturated heterocycles. The smallest absolute Gasteiger partial charge is 0.207 e. The van der Waals surface area contributed by atoms with Crippen LogP contribution in [0.15, 0.2) is 47.5 Å². The zero-order chi connectivity index (χ0) is 56.4. The van der Waals surface area contributed by atoms with Crippen molar-refractivity contribution in [2.75, 3.05) is 46.3 Å². The summed E-state index contributed by atoms with van der Waals surface area (Å²) in [5.41, 5.74) is 0.669. The molecule has 7 N–H and O–H groups in total. The number of anilines is 1. The Morgan fingerprint density at radius 1 is 0.938 bits per heavy atom. The monoisotopic (exact) mass is 1110 g/mol. The molecular formula is C68H94N4O9. The number of guanidine groups is 1. The number of carbonyl (C=O) groups is 1. The first-order valence-corrected chi connectivity index (χ1v) is 31.8. The number of aliphatic imine (C=N–C) groups is 1. The molecule has 0 aromatic heterocycles. The van der Waals surface area contributed by atoms with Crippen LogP contribution < -0.4 is 30.2 Å². The molecule has 9 aliphatic rings. The molecular weight excluding hydrogens is 1020 g/mol. The van der Waals surface area contributed by atoms with Gasteiger partial charge in [0, 0.05) is 67.9 Å². The van der Waals surface area contributed by atoms with Gasteiger partial charge in [0.05, 0.1) is 18.9 Å². The summed E-state index contributed by atoms with van der Waals surface area (Å²) in [6.07, 6.45) is 29.5. The highest BCUT2D eigenvalue weighted by Crippen LogP contribution is 2.67. The minimum Gasteiger partial charge on any atom is -0.504 e. The van der Waals surface area contributed by atoms with Crippen molar-refractivity contribution in [3.8, 4) is 47.0 Å². The zero-order valence-corrected chi connectivity index (χ0v) is 49.0. The van der Waals surface area contributed by atoms with Crippen LogP contribution in [0, 0.1) is 94.0 Å². The lowest BCUT2D eigenvalue weighted by atomic mass is 9.45. The van der Waals surface area contributed by atoms with Gasteiger partial charge in [-0.1, -0.05) is 82.3 Å². The number of nitrogens with zero attached hydrogens (tertiary/aromatic N) is 1. The van der Waals surface area contributed by atoms with Crippen molar-refractivity contribution < 1.29 is 44.2 Å². The second-order valence-corrected chi connectivity index (χ2v) is 26.7. The Morgan fingerprint density at radius 3 is 2.58 bits per heavy atom. The van der Waals surface area contributed by atoms with E-state index in [4.69, 9.17) is 23.9 Å². The first-order valence-electron chi connectivity index (χ1n) is 31.8. The summed E-state index contributed by atoms with van der Waals surface area (Å²) in [6.45, 7) is 3.15. The van der Waals surface area contributed by atoms with Crippen molar-refractivity contribution in [3.05, 3.63) is 53.6 Å². The third-order valence-electron chi connectivity index (χ3n) is 22.8. The van der Waals surface area contributed by atoms with E-state index in [1.165, 1.54) is 12.0 Å². The molecule has 7 saturated carbocycles. The van der Waals surface area contributed by atoms with Gasteiger partial charge in [0.25, 0.3) is 0 Å². The lowest BCUT2D eigenvalue weighted by molar-refractivity contribution is -0.160. The van der Waals surface area contributed by atoms with E-state index in [0.29, 0.717) is 84.8 Å². The number of phenols is 1. The predicted molar refractivity (Wildman–Crippen MR) is 316 cm³/mol. The van der Waals surface area contributed by atoms with Gasteiger partial charge in [-0.3, -0.25) is 15.1 Å². The maximum atomic E-state index is 15.9. The summed E-state index contributed by atoms with van der Waals surface area (Å²) in [7, 11) is 5.34. The van der Waals surface area contributed by atoms with Crippen molar-refractivity contribution in [2.45, 2.75) is 191 Å². The highest BCUT2D eigenvalue weighted by Gasteiger charge is 2.62. The molecule has 7 fully saturated rings. The van der Waals surface area contributed by atoms with E-state index >= 15 is 4.79 Å². The van der Waals surface area contributed by atoms with Crippen LogP contribution in [0.4, 0.5) is 5.69 Å². The Bertz CT molecular complexity index is 2750. The van der Waals surface area contributed by atoms with Gasteiger partial charge in [-0.15, -0.1) is 0 Å². The maximum Gasteiger partial charge on any atom is 0.207 e. The molecule has 2 heterocycles. The number of ether oxygens (including phenoxy) is 4. The Kier molecular flexibility index (Phi) is 17.8. The quantitative estimate of drug-likeness (QED) is 0.0703. The van der Waals surface area contributed by atoms with Gasteiger partial charge in [-0.2, -0.15) is 0 Å². The van der Waals surface area contributed by atoms with Crippen molar-refractivity contribution >= 4 is 17.4 Å². The summed E-state index contributed by atoms with van der Waals surface area (Å²) in [5.74, 6) is 11.8. The molecule has 0 amide bonds. The van der Waals surface area contributed by atoms with E-state index in [1.54, 1.807) is 20.2 Å². The van der Waals surface area contributed by atoms with Crippen LogP contribution >= 0.6 is 0 Å². The van der Waals surface area contributed by atoms with Crippen molar-refractivity contribution in [1.82, 2.24) is 10.6 Å². The van der Waals surface area contributed by atoms with E-state index in [9.17, 15) is 20.4 Å². The summed E-state index contributed by atoms with van der Waals surface area (Å²) in [5, 5.41) is 54.1. The topological polar surface area (TPSA) is 183 Å². The molecule has 13 nitrogen and oxygen atoms in total. The summed E-state index contributed by atoms with van der Waals surface area (Å²) in [4.78, 5) is 20.7. The second kappa shape index (κ2) is 24.8. The number of likely N-dealkylation sites (N-methyl/N-ethyl adjacent to an activating group) is 1. The fourth-order valence-corrected chi connectivity index (χ4v) is 19.2. The third kappa shape index (κ3) is 11.2. The highest BCUT2D eigenvalue weighted by atomic mass is 16.6. The Hall–Kier alpha value is -4.76. The minimum absolute atomic E-state index is 0.000565. The lowest BCUT2D eigenvalue weighted by Crippen LogP contribution is -2.55. The molecule has 440 valence electrons. The Balaban J connectivity index is 1.08. The molecule has 15 atom stereocenters. The normalized spacial score (nSPS) is 37.0. The van der Waals surface area contributed by atoms with E-state index in [0.717, 1.165) is 134 Å². The third-order valence-corrected chi connectivity index (χ3v) is 22.8. The summed E-state index contributed by atoms with van der Waals surface area (Å²) >= 11 is 0. The number of carbonyl (C=O) groups excluding carboxylic acids is 1. The average Bonchev–Trinajstić information content (AvgIpc) is 4.47. The molecule has 4 bridgehead atoms. The lowest BCUT2D eigenvalue weighted by Gasteiger charge is -2.59. The number of phenolic OH excluding ortho intramolecular Hbond substituents is 1. The highest BCUT2D eigenvalue weighted by molar-refractivity contribution is 5.97. The van der Waals surface area contributed by atoms with Gasteiger partial charge in [0.1, 0.15) is 11.7 Å². The van der Waals surface area contributed by atoms with Crippen molar-refractivity contribution in [1.29, 1.82) is 0 Å². The van der Waals surface area contributed by atoms with E-state index in [2.05, 4.69) is 65.1 Å². The second-order valence-electron chi connectivity index (χ2n) is 26.7. The number of ketones is 1. The van der Waals surface area contributed by atoms with Gasteiger partial charge in [-0.05, 0) is 198 Å². The number of allylic oxidation sites excluding steroid dienone is 2. The number of hydrogen-bond donors (Lipinski definition) is 7. The number of benzene rings is 2. The number of hydrogen-bond acceptors (Lipinski definition) is 11. The molecule has 11 rings (SSSR count). The minimum atomic E-state index is -0.977. The molecule has 81 heavy (non-hydrogen) atoms. The fourth-order valence-electron chi connectivity index (χ4n) is 19.2. The predicted octanol–water partition coefficient (Wildman–Crippen LogP) is 11.0. The van der Waals surface area contributed by atoms with Crippen LogP contribution in [0.25, 0.3) is 0 Å². The first-order chi connectivity index (χ1) is 39.4. The number of fused-ring (bicyclic) bond motifs is 10. The van der Waals surface area contributed by atoms with E-state index in [-0.39, 0.29) is 71.8 Å². The number of methoxy groups -OCH3 is 1. The number of rotatable bonds is 14. The van der Waals surface area contributed by atoms with Crippen molar-refractivity contribution in [3.63, 3.8) is 0 Å². The number of aliphatic hydroxyl groups is 3. The number of aromatic hydroxyl groups is 1. The van der Waals surface area contributed by atoms with Crippen LogP contribution in [0.5, 0.6) is 23.0 Å². The first kappa shape index (κ1) is 58.0. The molecule has 7 aliphatic carbocycles. The average molecular weight is 1110 g/mol. The van der Waals surface area contributed by atoms with Gasteiger partial charge >= 0.3 is 0 Å². The van der Waals surface area contributed by atoms with Crippen LogP contribution in [0.2, 0.25) is 0 Å².